The molecule has 0 saturated carbocycles. The molecule has 36 heavy (non-hydrogen) atoms. The van der Waals surface area contributed by atoms with Gasteiger partial charge in [0.2, 0.25) is 0 Å². The number of phenols is 1. The fraction of sp³-hybridized carbons (Fsp3) is 0.812. The van der Waals surface area contributed by atoms with Crippen LogP contribution in [0.25, 0.3) is 0 Å². The highest BCUT2D eigenvalue weighted by Gasteiger charge is 2.15. The maximum Gasteiger partial charge on any atom is 0.122 e. The number of anilines is 1. The Morgan fingerprint density at radius 3 is 1.25 bits per heavy atom. The molecule has 0 amide bonds. The van der Waals surface area contributed by atoms with Crippen LogP contribution in [0.3, 0.4) is 0 Å². The van der Waals surface area contributed by atoms with Gasteiger partial charge in [-0.3, -0.25) is 9.80 Å². The molecule has 0 aliphatic rings. The van der Waals surface area contributed by atoms with E-state index >= 15 is 0 Å². The molecule has 0 aliphatic carbocycles. The number of rotatable bonds is 24. The van der Waals surface area contributed by atoms with Gasteiger partial charge >= 0.3 is 0 Å². The Hall–Kier alpha value is -1.26. The van der Waals surface area contributed by atoms with Crippen LogP contribution in [0.2, 0.25) is 0 Å². The lowest BCUT2D eigenvalue weighted by molar-refractivity contribution is 0.246. The number of nitrogens with zero attached hydrogens (tertiary/aromatic N) is 2. The maximum atomic E-state index is 10.8. The molecular formula is C32H61N3O. The summed E-state index contributed by atoms with van der Waals surface area (Å²) in [6, 6.07) is 4.02. The standard InChI is InChI=1S/C32H61N3O/c1-5-9-13-17-21-34(22-18-14-10-6-2)27-29-25-30(32(36)26-31(29)33)28-35(23-19-15-11-7-3)24-20-16-12-8-4/h25-26,36H,5-24,27-28,33H2,1-4H3. The monoisotopic (exact) mass is 503 g/mol. The molecule has 0 aromatic heterocycles. The van der Waals surface area contributed by atoms with Crippen molar-refractivity contribution >= 4 is 5.69 Å². The van der Waals surface area contributed by atoms with Crippen LogP contribution in [-0.2, 0) is 13.1 Å². The molecule has 0 aliphatic heterocycles. The predicted octanol–water partition coefficient (Wildman–Crippen LogP) is 8.90. The molecule has 0 fully saturated rings. The van der Waals surface area contributed by atoms with E-state index in [4.69, 9.17) is 5.73 Å². The van der Waals surface area contributed by atoms with Crippen molar-refractivity contribution in [2.24, 2.45) is 0 Å². The number of hydrogen-bond acceptors (Lipinski definition) is 4. The maximum absolute atomic E-state index is 10.8. The zero-order valence-electron chi connectivity index (χ0n) is 24.6. The van der Waals surface area contributed by atoms with Gasteiger partial charge in [-0.25, -0.2) is 0 Å². The summed E-state index contributed by atoms with van der Waals surface area (Å²) in [6.07, 6.45) is 20.6. The van der Waals surface area contributed by atoms with Gasteiger partial charge in [-0.05, 0) is 63.5 Å². The van der Waals surface area contributed by atoms with E-state index in [1.54, 1.807) is 0 Å². The third kappa shape index (κ3) is 15.1. The van der Waals surface area contributed by atoms with Crippen molar-refractivity contribution in [2.45, 2.75) is 144 Å². The molecule has 4 nitrogen and oxygen atoms in total. The van der Waals surface area contributed by atoms with Crippen molar-refractivity contribution in [3.63, 3.8) is 0 Å². The van der Waals surface area contributed by atoms with E-state index in [9.17, 15) is 5.11 Å². The van der Waals surface area contributed by atoms with Gasteiger partial charge in [-0.15, -0.1) is 0 Å². The molecule has 0 bridgehead atoms. The predicted molar refractivity (Wildman–Crippen MR) is 160 cm³/mol. The highest BCUT2D eigenvalue weighted by Crippen LogP contribution is 2.27. The van der Waals surface area contributed by atoms with E-state index < -0.39 is 0 Å². The molecule has 0 heterocycles. The lowest BCUT2D eigenvalue weighted by Gasteiger charge is -2.26. The van der Waals surface area contributed by atoms with Gasteiger partial charge < -0.3 is 10.8 Å². The van der Waals surface area contributed by atoms with Gasteiger partial charge in [0.1, 0.15) is 5.75 Å². The number of benzene rings is 1. The fourth-order valence-electron chi connectivity index (χ4n) is 5.03. The average Bonchev–Trinajstić information content (AvgIpc) is 2.87. The van der Waals surface area contributed by atoms with Gasteiger partial charge in [0, 0.05) is 30.4 Å². The van der Waals surface area contributed by atoms with Crippen molar-refractivity contribution in [3.05, 3.63) is 23.3 Å². The molecule has 1 rings (SSSR count). The van der Waals surface area contributed by atoms with E-state index in [0.717, 1.165) is 50.5 Å². The first-order valence-corrected chi connectivity index (χ1v) is 15.6. The normalized spacial score (nSPS) is 11.7. The van der Waals surface area contributed by atoms with E-state index in [2.05, 4.69) is 43.6 Å². The van der Waals surface area contributed by atoms with E-state index in [1.165, 1.54) is 108 Å². The summed E-state index contributed by atoms with van der Waals surface area (Å²) in [5.41, 5.74) is 9.42. The minimum atomic E-state index is 0.362. The van der Waals surface area contributed by atoms with Crippen molar-refractivity contribution in [1.82, 2.24) is 9.80 Å². The second-order valence-corrected chi connectivity index (χ2v) is 11.0. The second kappa shape index (κ2) is 21.8. The Kier molecular flexibility index (Phi) is 19.8. The number of nitrogens with two attached hydrogens (primary N) is 1. The summed E-state index contributed by atoms with van der Waals surface area (Å²) in [4.78, 5) is 5.17. The summed E-state index contributed by atoms with van der Waals surface area (Å²) in [5.74, 6) is 0.362. The number of hydrogen-bond donors (Lipinski definition) is 2. The molecule has 0 atom stereocenters. The molecule has 0 saturated heterocycles. The zero-order chi connectivity index (χ0) is 26.4. The Labute approximate surface area is 225 Å². The smallest absolute Gasteiger partial charge is 0.122 e. The second-order valence-electron chi connectivity index (χ2n) is 11.0. The highest BCUT2D eigenvalue weighted by atomic mass is 16.3. The van der Waals surface area contributed by atoms with Crippen LogP contribution < -0.4 is 5.73 Å². The van der Waals surface area contributed by atoms with Crippen LogP contribution in [0.5, 0.6) is 5.75 Å². The summed E-state index contributed by atoms with van der Waals surface area (Å²) in [5, 5.41) is 10.8. The molecule has 1 aromatic carbocycles. The van der Waals surface area contributed by atoms with E-state index in [-0.39, 0.29) is 0 Å². The Morgan fingerprint density at radius 2 is 0.889 bits per heavy atom. The Bertz CT molecular complexity index is 573. The van der Waals surface area contributed by atoms with Crippen molar-refractivity contribution in [2.75, 3.05) is 31.9 Å². The highest BCUT2D eigenvalue weighted by molar-refractivity contribution is 5.54. The van der Waals surface area contributed by atoms with Gasteiger partial charge in [-0.1, -0.05) is 105 Å². The molecule has 0 radical (unpaired) electrons. The van der Waals surface area contributed by atoms with Gasteiger partial charge in [0.15, 0.2) is 0 Å². The topological polar surface area (TPSA) is 52.7 Å². The third-order valence-electron chi connectivity index (χ3n) is 7.44. The van der Waals surface area contributed by atoms with E-state index in [0.29, 0.717) is 5.75 Å². The third-order valence-corrected chi connectivity index (χ3v) is 7.44. The van der Waals surface area contributed by atoms with Gasteiger partial charge in [-0.2, -0.15) is 0 Å². The number of aromatic hydroxyl groups is 1. The van der Waals surface area contributed by atoms with Crippen LogP contribution in [0, 0.1) is 0 Å². The van der Waals surface area contributed by atoms with Crippen LogP contribution in [-0.4, -0.2) is 41.1 Å². The molecule has 4 heteroatoms. The quantitative estimate of drug-likeness (QED) is 0.109. The molecule has 1 aromatic rings. The lowest BCUT2D eigenvalue weighted by atomic mass is 10.0. The van der Waals surface area contributed by atoms with Crippen molar-refractivity contribution in [3.8, 4) is 5.75 Å². The Balaban J connectivity index is 2.89. The average molecular weight is 504 g/mol. The number of unbranched alkanes of at least 4 members (excludes halogenated alkanes) is 12. The molecule has 0 unspecified atom stereocenters. The van der Waals surface area contributed by atoms with Gasteiger partial charge in [0.05, 0.1) is 0 Å². The van der Waals surface area contributed by atoms with Gasteiger partial charge in [0.25, 0.3) is 0 Å². The fourth-order valence-corrected chi connectivity index (χ4v) is 5.03. The minimum absolute atomic E-state index is 0.362. The summed E-state index contributed by atoms with van der Waals surface area (Å²) < 4.78 is 0. The number of nitrogen functional groups attached to an aromatic ring is 1. The zero-order valence-corrected chi connectivity index (χ0v) is 24.6. The SMILES string of the molecule is CCCCCCN(CCCCCC)Cc1cc(CN(CCCCCC)CCCCCC)c(O)cc1N. The molecule has 3 N–H and O–H groups in total. The first kappa shape index (κ1) is 32.8. The first-order valence-electron chi connectivity index (χ1n) is 15.6. The van der Waals surface area contributed by atoms with Crippen LogP contribution in [0.15, 0.2) is 12.1 Å². The van der Waals surface area contributed by atoms with Crippen LogP contribution in [0.1, 0.15) is 142 Å². The summed E-state index contributed by atoms with van der Waals surface area (Å²) in [7, 11) is 0. The summed E-state index contributed by atoms with van der Waals surface area (Å²) in [6.45, 7) is 15.3. The lowest BCUT2D eigenvalue weighted by Crippen LogP contribution is -2.27. The van der Waals surface area contributed by atoms with Crippen molar-refractivity contribution < 1.29 is 5.11 Å². The van der Waals surface area contributed by atoms with Crippen molar-refractivity contribution in [1.29, 1.82) is 0 Å². The molecular weight excluding hydrogens is 442 g/mol. The number of phenolic OH excluding ortho intramolecular Hbond substituents is 1. The molecule has 210 valence electrons. The first-order chi connectivity index (χ1) is 17.5. The van der Waals surface area contributed by atoms with Crippen LogP contribution in [0.4, 0.5) is 5.69 Å². The van der Waals surface area contributed by atoms with E-state index in [1.807, 2.05) is 6.07 Å². The minimum Gasteiger partial charge on any atom is -0.508 e. The largest absolute Gasteiger partial charge is 0.508 e. The van der Waals surface area contributed by atoms with Crippen LogP contribution >= 0.6 is 0 Å². The summed E-state index contributed by atoms with van der Waals surface area (Å²) >= 11 is 0. The molecule has 0 spiro atoms. The Morgan fingerprint density at radius 1 is 0.528 bits per heavy atom.